The number of nitrogens with zero attached hydrogens (tertiary/aromatic N) is 3. The van der Waals surface area contributed by atoms with Gasteiger partial charge >= 0.3 is 5.69 Å². The van der Waals surface area contributed by atoms with Gasteiger partial charge in [-0.1, -0.05) is 6.07 Å². The number of para-hydroxylation sites is 1. The maximum absolute atomic E-state index is 11.3. The molecule has 21 heavy (non-hydrogen) atoms. The fourth-order valence-corrected chi connectivity index (χ4v) is 2.66. The van der Waals surface area contributed by atoms with Crippen molar-refractivity contribution in [3.05, 3.63) is 28.3 Å². The van der Waals surface area contributed by atoms with Gasteiger partial charge in [0.15, 0.2) is 5.75 Å². The molecule has 116 valence electrons. The number of rotatable bonds is 5. The maximum atomic E-state index is 11.3. The van der Waals surface area contributed by atoms with E-state index in [9.17, 15) is 15.2 Å². The van der Waals surface area contributed by atoms with Gasteiger partial charge in [-0.25, -0.2) is 0 Å². The summed E-state index contributed by atoms with van der Waals surface area (Å²) in [7, 11) is 1.44. The summed E-state index contributed by atoms with van der Waals surface area (Å²) >= 11 is 0. The van der Waals surface area contributed by atoms with E-state index >= 15 is 0 Å². The van der Waals surface area contributed by atoms with E-state index in [1.54, 1.807) is 25.1 Å². The number of anilines is 1. The molecule has 2 rings (SSSR count). The van der Waals surface area contributed by atoms with Crippen LogP contribution < -0.4 is 9.64 Å². The Morgan fingerprint density at radius 1 is 1.38 bits per heavy atom. The summed E-state index contributed by atoms with van der Waals surface area (Å²) in [6, 6.07) is 5.12. The molecule has 0 unspecified atom stereocenters. The molecule has 7 heteroatoms. The minimum absolute atomic E-state index is 0.0176. The Morgan fingerprint density at radius 2 is 2.05 bits per heavy atom. The van der Waals surface area contributed by atoms with Crippen molar-refractivity contribution >= 4 is 11.4 Å². The van der Waals surface area contributed by atoms with Crippen molar-refractivity contribution in [2.24, 2.45) is 0 Å². The number of aliphatic hydroxyl groups is 1. The topological polar surface area (TPSA) is 79.1 Å². The second-order valence-corrected chi connectivity index (χ2v) is 5.22. The number of hydrogen-bond acceptors (Lipinski definition) is 6. The maximum Gasteiger partial charge on any atom is 0.333 e. The van der Waals surface area contributed by atoms with Crippen LogP contribution in [-0.4, -0.2) is 60.9 Å². The van der Waals surface area contributed by atoms with Gasteiger partial charge < -0.3 is 14.7 Å². The second kappa shape index (κ2) is 6.73. The van der Waals surface area contributed by atoms with Crippen molar-refractivity contribution in [1.29, 1.82) is 0 Å². The van der Waals surface area contributed by atoms with Gasteiger partial charge in [-0.15, -0.1) is 0 Å². The van der Waals surface area contributed by atoms with Crippen molar-refractivity contribution in [3.63, 3.8) is 0 Å². The number of benzene rings is 1. The monoisotopic (exact) mass is 295 g/mol. The van der Waals surface area contributed by atoms with E-state index in [0.717, 1.165) is 13.1 Å². The molecule has 0 radical (unpaired) electrons. The molecule has 0 spiro atoms. The van der Waals surface area contributed by atoms with Gasteiger partial charge in [0.05, 0.1) is 18.1 Å². The highest BCUT2D eigenvalue weighted by Crippen LogP contribution is 2.37. The van der Waals surface area contributed by atoms with Crippen LogP contribution in [0.15, 0.2) is 18.2 Å². The summed E-state index contributed by atoms with van der Waals surface area (Å²) in [6.45, 7) is 5.34. The summed E-state index contributed by atoms with van der Waals surface area (Å²) in [5.41, 5.74) is 0.611. The van der Waals surface area contributed by atoms with Crippen LogP contribution in [0.4, 0.5) is 11.4 Å². The lowest BCUT2D eigenvalue weighted by atomic mass is 10.2. The summed E-state index contributed by atoms with van der Waals surface area (Å²) in [5.74, 6) is 0.281. The van der Waals surface area contributed by atoms with Gasteiger partial charge in [-0.3, -0.25) is 15.0 Å². The van der Waals surface area contributed by atoms with Gasteiger partial charge in [0.1, 0.15) is 5.69 Å². The Labute approximate surface area is 123 Å². The Hall–Kier alpha value is -1.86. The number of β-amino-alcohol motifs (C(OH)–C–C–N with tert-alkyl or cyclic N) is 1. The number of piperazine rings is 1. The van der Waals surface area contributed by atoms with Crippen LogP contribution in [-0.2, 0) is 0 Å². The van der Waals surface area contributed by atoms with Gasteiger partial charge in [0.25, 0.3) is 0 Å². The molecule has 1 aliphatic heterocycles. The molecule has 1 saturated heterocycles. The lowest BCUT2D eigenvalue weighted by molar-refractivity contribution is -0.385. The molecule has 0 bridgehead atoms. The lowest BCUT2D eigenvalue weighted by Crippen LogP contribution is -2.48. The van der Waals surface area contributed by atoms with E-state index < -0.39 is 4.92 Å². The lowest BCUT2D eigenvalue weighted by Gasteiger charge is -2.36. The standard InChI is InChI=1S/C14H21N3O4/c1-11(18)10-15-6-8-16(9-7-15)12-4-3-5-13(21-2)14(12)17(19)20/h3-5,11,18H,6-10H2,1-2H3/t11-/m1/s1. The molecular weight excluding hydrogens is 274 g/mol. The summed E-state index contributed by atoms with van der Waals surface area (Å²) < 4.78 is 5.10. The summed E-state index contributed by atoms with van der Waals surface area (Å²) in [5, 5.41) is 20.7. The molecule has 1 fully saturated rings. The minimum Gasteiger partial charge on any atom is -0.490 e. The highest BCUT2D eigenvalue weighted by molar-refractivity contribution is 5.70. The van der Waals surface area contributed by atoms with Crippen molar-refractivity contribution in [2.75, 3.05) is 44.7 Å². The molecule has 0 aromatic heterocycles. The Kier molecular flexibility index (Phi) is 4.98. The first kappa shape index (κ1) is 15.5. The van der Waals surface area contributed by atoms with Crippen molar-refractivity contribution in [3.8, 4) is 5.75 Å². The van der Waals surface area contributed by atoms with Gasteiger partial charge in [-0.2, -0.15) is 0 Å². The van der Waals surface area contributed by atoms with E-state index in [4.69, 9.17) is 4.74 Å². The molecule has 1 heterocycles. The predicted octanol–water partition coefficient (Wildman–Crippen LogP) is 1.11. The average Bonchev–Trinajstić information content (AvgIpc) is 2.46. The molecule has 0 saturated carbocycles. The van der Waals surface area contributed by atoms with Crippen LogP contribution in [0.2, 0.25) is 0 Å². The van der Waals surface area contributed by atoms with E-state index in [1.807, 2.05) is 4.90 Å². The first-order valence-corrected chi connectivity index (χ1v) is 6.99. The molecule has 0 amide bonds. The van der Waals surface area contributed by atoms with Gasteiger partial charge in [0, 0.05) is 32.7 Å². The second-order valence-electron chi connectivity index (χ2n) is 5.22. The van der Waals surface area contributed by atoms with E-state index in [2.05, 4.69) is 4.90 Å². The van der Waals surface area contributed by atoms with Crippen LogP contribution in [0.5, 0.6) is 5.75 Å². The van der Waals surface area contributed by atoms with Gasteiger partial charge in [0.2, 0.25) is 0 Å². The normalized spacial score (nSPS) is 17.6. The first-order chi connectivity index (χ1) is 10.0. The van der Waals surface area contributed by atoms with Crippen LogP contribution in [0.25, 0.3) is 0 Å². The largest absolute Gasteiger partial charge is 0.490 e. The minimum atomic E-state index is -0.393. The number of methoxy groups -OCH3 is 1. The zero-order chi connectivity index (χ0) is 15.4. The number of nitro benzene ring substituents is 1. The predicted molar refractivity (Wildman–Crippen MR) is 80.0 cm³/mol. The van der Waals surface area contributed by atoms with E-state index in [0.29, 0.717) is 25.3 Å². The SMILES string of the molecule is COc1cccc(N2CCN(C[C@@H](C)O)CC2)c1[N+](=O)[O-]. The number of ether oxygens (including phenoxy) is 1. The Balaban J connectivity index is 2.15. The fraction of sp³-hybridized carbons (Fsp3) is 0.571. The molecule has 1 aromatic rings. The van der Waals surface area contributed by atoms with Crippen LogP contribution in [0, 0.1) is 10.1 Å². The molecule has 1 atom stereocenters. The van der Waals surface area contributed by atoms with Crippen molar-refractivity contribution in [2.45, 2.75) is 13.0 Å². The fourth-order valence-electron chi connectivity index (χ4n) is 2.66. The third kappa shape index (κ3) is 3.62. The van der Waals surface area contributed by atoms with Crippen molar-refractivity contribution in [1.82, 2.24) is 4.90 Å². The molecule has 0 aliphatic carbocycles. The zero-order valence-electron chi connectivity index (χ0n) is 12.4. The van der Waals surface area contributed by atoms with Crippen LogP contribution >= 0.6 is 0 Å². The smallest absolute Gasteiger partial charge is 0.333 e. The molecule has 1 N–H and O–H groups in total. The number of hydrogen-bond donors (Lipinski definition) is 1. The third-order valence-corrected chi connectivity index (χ3v) is 3.62. The highest BCUT2D eigenvalue weighted by atomic mass is 16.6. The van der Waals surface area contributed by atoms with Gasteiger partial charge in [-0.05, 0) is 19.1 Å². The Morgan fingerprint density at radius 3 is 2.57 bits per heavy atom. The van der Waals surface area contributed by atoms with Crippen molar-refractivity contribution < 1.29 is 14.8 Å². The highest BCUT2D eigenvalue weighted by Gasteiger charge is 2.27. The molecule has 1 aromatic carbocycles. The Bertz CT molecular complexity index is 499. The van der Waals surface area contributed by atoms with Crippen LogP contribution in [0.1, 0.15) is 6.92 Å². The summed E-state index contributed by atoms with van der Waals surface area (Å²) in [6.07, 6.45) is -0.359. The zero-order valence-corrected chi connectivity index (χ0v) is 12.4. The van der Waals surface area contributed by atoms with Crippen LogP contribution in [0.3, 0.4) is 0 Å². The third-order valence-electron chi connectivity index (χ3n) is 3.62. The molecule has 7 nitrogen and oxygen atoms in total. The molecular formula is C14H21N3O4. The summed E-state index contributed by atoms with van der Waals surface area (Å²) in [4.78, 5) is 15.1. The quantitative estimate of drug-likeness (QED) is 0.647. The van der Waals surface area contributed by atoms with E-state index in [1.165, 1.54) is 7.11 Å². The number of aliphatic hydroxyl groups excluding tert-OH is 1. The van der Waals surface area contributed by atoms with E-state index in [-0.39, 0.29) is 17.5 Å². The molecule has 1 aliphatic rings. The first-order valence-electron chi connectivity index (χ1n) is 6.99. The average molecular weight is 295 g/mol. The number of nitro groups is 1.